The number of hydrogen-bond acceptors (Lipinski definition) is 5. The molecule has 7 heteroatoms. The number of carboxylic acid groups (broad SMARTS) is 1. The largest absolute Gasteiger partial charge is 0.478 e. The summed E-state index contributed by atoms with van der Waals surface area (Å²) in [4.78, 5) is 12.0. The molecular weight excluding hydrogens is 564 g/mol. The van der Waals surface area contributed by atoms with E-state index in [4.69, 9.17) is 32.9 Å². The van der Waals surface area contributed by atoms with Crippen LogP contribution >= 0.6 is 23.4 Å². The Kier molecular flexibility index (Phi) is 9.17. The minimum Gasteiger partial charge on any atom is -0.478 e. The van der Waals surface area contributed by atoms with Gasteiger partial charge < -0.3 is 21.3 Å². The number of thioether (sulfide) groups is 1. The van der Waals surface area contributed by atoms with Gasteiger partial charge in [0.25, 0.3) is 5.56 Å². The number of halogens is 1. The molecular formula is C35H29ClN2O3S. The van der Waals surface area contributed by atoms with E-state index in [0.29, 0.717) is 5.75 Å². The van der Waals surface area contributed by atoms with E-state index in [1.165, 1.54) is 0 Å². The van der Waals surface area contributed by atoms with Crippen molar-refractivity contribution in [3.63, 3.8) is 0 Å². The molecule has 0 aliphatic carbocycles. The Labute approximate surface area is 254 Å². The maximum Gasteiger partial charge on any atom is 0.360 e. The zero-order valence-electron chi connectivity index (χ0n) is 22.6. The Hall–Kier alpha value is -4.65. The third-order valence-corrected chi connectivity index (χ3v) is 7.84. The van der Waals surface area contributed by atoms with Gasteiger partial charge in [0.1, 0.15) is 5.75 Å². The number of nitrogen functional groups attached to an aromatic ring is 2. The van der Waals surface area contributed by atoms with Crippen molar-refractivity contribution in [1.29, 1.82) is 0 Å². The molecule has 42 heavy (non-hydrogen) atoms. The third kappa shape index (κ3) is 7.35. The summed E-state index contributed by atoms with van der Waals surface area (Å²) >= 11 is 7.35. The number of carboxylic acids is 1. The molecule has 5 aromatic carbocycles. The van der Waals surface area contributed by atoms with E-state index < -0.39 is 11.5 Å². The van der Waals surface area contributed by atoms with E-state index in [1.54, 1.807) is 23.9 Å². The Morgan fingerprint density at radius 1 is 0.738 bits per heavy atom. The molecule has 0 fully saturated rings. The van der Waals surface area contributed by atoms with Gasteiger partial charge in [0.15, 0.2) is 0 Å². The van der Waals surface area contributed by atoms with E-state index >= 15 is 0 Å². The van der Waals surface area contributed by atoms with Gasteiger partial charge in [-0.05, 0) is 87.5 Å². The number of ether oxygens (including phenoxy) is 1. The monoisotopic (exact) mass is 592 g/mol. The summed E-state index contributed by atoms with van der Waals surface area (Å²) in [5.74, 6) is -0.107. The first-order chi connectivity index (χ1) is 20.4. The van der Waals surface area contributed by atoms with Crippen LogP contribution in [0, 0.1) is 0 Å². The first-order valence-electron chi connectivity index (χ1n) is 13.2. The topological polar surface area (TPSA) is 98.6 Å². The normalized spacial score (nSPS) is 11.5. The highest BCUT2D eigenvalue weighted by Crippen LogP contribution is 2.31. The molecule has 5 aromatic rings. The summed E-state index contributed by atoms with van der Waals surface area (Å²) in [6.07, 6.45) is 2.22. The van der Waals surface area contributed by atoms with Crippen LogP contribution in [0.4, 0.5) is 11.4 Å². The Morgan fingerprint density at radius 2 is 1.24 bits per heavy atom. The molecule has 0 bridgehead atoms. The average Bonchev–Trinajstić information content (AvgIpc) is 3.00. The van der Waals surface area contributed by atoms with Crippen molar-refractivity contribution in [2.24, 2.45) is 0 Å². The van der Waals surface area contributed by atoms with Gasteiger partial charge in [0.2, 0.25) is 0 Å². The van der Waals surface area contributed by atoms with Crippen molar-refractivity contribution in [3.8, 4) is 28.0 Å². The summed E-state index contributed by atoms with van der Waals surface area (Å²) in [7, 11) is 0. The van der Waals surface area contributed by atoms with Crippen molar-refractivity contribution in [1.82, 2.24) is 0 Å². The molecule has 0 aliphatic heterocycles. The summed E-state index contributed by atoms with van der Waals surface area (Å²) in [6, 6.07) is 40.0. The fraction of sp³-hybridized carbons (Fsp3) is 0.0571. The highest BCUT2D eigenvalue weighted by Gasteiger charge is 2.15. The minimum atomic E-state index is -1.43. The summed E-state index contributed by atoms with van der Waals surface area (Å²) in [6.45, 7) is 0. The molecule has 5 rings (SSSR count). The predicted molar refractivity (Wildman–Crippen MR) is 175 cm³/mol. The standard InChI is InChI=1S/C35H29ClN2O3S/c36-34(35(39)40)41-31-15-17-32(18-16-31)42-20-19-33(25-11-7-23(8-12-25)27-3-1-5-29(37)21-27)26-13-9-24(10-14-26)28-4-2-6-30(38)22-28/h1-19,21-22,34H,20,37-38H2,(H,39,40). The second kappa shape index (κ2) is 13.3. The van der Waals surface area contributed by atoms with Crippen LogP contribution in [0.5, 0.6) is 5.75 Å². The molecule has 5 N–H and O–H groups in total. The lowest BCUT2D eigenvalue weighted by atomic mass is 9.94. The van der Waals surface area contributed by atoms with Crippen LogP contribution in [0.2, 0.25) is 0 Å². The number of carbonyl (C=O) groups is 1. The zero-order chi connectivity index (χ0) is 29.5. The van der Waals surface area contributed by atoms with Gasteiger partial charge >= 0.3 is 5.97 Å². The highest BCUT2D eigenvalue weighted by atomic mass is 35.5. The minimum absolute atomic E-state index is 0.401. The van der Waals surface area contributed by atoms with E-state index in [9.17, 15) is 4.79 Å². The van der Waals surface area contributed by atoms with Gasteiger partial charge in [0, 0.05) is 22.0 Å². The van der Waals surface area contributed by atoms with Gasteiger partial charge in [-0.25, -0.2) is 4.79 Å². The third-order valence-electron chi connectivity index (χ3n) is 6.63. The molecule has 0 saturated heterocycles. The fourth-order valence-corrected chi connectivity index (χ4v) is 5.40. The first-order valence-corrected chi connectivity index (χ1v) is 14.7. The van der Waals surface area contributed by atoms with Crippen LogP contribution in [-0.4, -0.2) is 22.4 Å². The zero-order valence-corrected chi connectivity index (χ0v) is 24.2. The van der Waals surface area contributed by atoms with Crippen molar-refractivity contribution in [2.75, 3.05) is 17.2 Å². The van der Waals surface area contributed by atoms with Crippen molar-refractivity contribution >= 4 is 46.3 Å². The molecule has 1 unspecified atom stereocenters. The molecule has 0 aromatic heterocycles. The summed E-state index contributed by atoms with van der Waals surface area (Å²) in [5, 5.41) is 8.94. The van der Waals surface area contributed by atoms with Crippen LogP contribution in [-0.2, 0) is 4.79 Å². The number of alkyl halides is 1. The number of nitrogens with two attached hydrogens (primary N) is 2. The van der Waals surface area contributed by atoms with Gasteiger partial charge in [0.05, 0.1) is 0 Å². The molecule has 0 spiro atoms. The lowest BCUT2D eigenvalue weighted by Crippen LogP contribution is -2.20. The van der Waals surface area contributed by atoms with Crippen molar-refractivity contribution in [3.05, 3.63) is 139 Å². The van der Waals surface area contributed by atoms with Crippen LogP contribution in [0.15, 0.2) is 132 Å². The molecule has 1 atom stereocenters. The van der Waals surface area contributed by atoms with Gasteiger partial charge in [-0.2, -0.15) is 0 Å². The molecule has 0 radical (unpaired) electrons. The fourth-order valence-electron chi connectivity index (χ4n) is 4.53. The lowest BCUT2D eigenvalue weighted by molar-refractivity contribution is -0.141. The van der Waals surface area contributed by atoms with E-state index in [2.05, 4.69) is 66.7 Å². The Bertz CT molecular complexity index is 1610. The SMILES string of the molecule is Nc1cccc(-c2ccc(C(=CCSc3ccc(OC(Cl)C(=O)O)cc3)c3ccc(-c4cccc(N)c4)cc3)cc2)c1. The molecule has 0 saturated carbocycles. The highest BCUT2D eigenvalue weighted by molar-refractivity contribution is 7.99. The number of benzene rings is 5. The van der Waals surface area contributed by atoms with Crippen LogP contribution in [0.1, 0.15) is 11.1 Å². The van der Waals surface area contributed by atoms with Gasteiger partial charge in [-0.15, -0.1) is 11.8 Å². The number of rotatable bonds is 10. The average molecular weight is 593 g/mol. The number of anilines is 2. The number of aliphatic carboxylic acids is 1. The second-order valence-electron chi connectivity index (χ2n) is 9.58. The smallest absolute Gasteiger partial charge is 0.360 e. The summed E-state index contributed by atoms with van der Waals surface area (Å²) in [5.41, 5.74) is 19.7. The van der Waals surface area contributed by atoms with E-state index in [-0.39, 0.29) is 0 Å². The Balaban J connectivity index is 1.39. The van der Waals surface area contributed by atoms with Crippen LogP contribution in [0.25, 0.3) is 27.8 Å². The predicted octanol–water partition coefficient (Wildman–Crippen LogP) is 8.44. The molecule has 5 nitrogen and oxygen atoms in total. The summed E-state index contributed by atoms with van der Waals surface area (Å²) < 4.78 is 5.22. The maximum atomic E-state index is 10.9. The maximum absolute atomic E-state index is 10.9. The lowest BCUT2D eigenvalue weighted by Gasteiger charge is -2.12. The van der Waals surface area contributed by atoms with Crippen LogP contribution < -0.4 is 16.2 Å². The van der Waals surface area contributed by atoms with Gasteiger partial charge in [-0.1, -0.05) is 90.5 Å². The molecule has 0 amide bonds. The van der Waals surface area contributed by atoms with Gasteiger partial charge in [-0.3, -0.25) is 0 Å². The Morgan fingerprint density at radius 3 is 1.69 bits per heavy atom. The van der Waals surface area contributed by atoms with Crippen molar-refractivity contribution < 1.29 is 14.6 Å². The quantitative estimate of drug-likeness (QED) is 0.0855. The molecule has 210 valence electrons. The molecule has 0 heterocycles. The van der Waals surface area contributed by atoms with E-state index in [0.717, 1.165) is 61.0 Å². The van der Waals surface area contributed by atoms with E-state index in [1.807, 2.05) is 48.5 Å². The van der Waals surface area contributed by atoms with Crippen LogP contribution in [0.3, 0.4) is 0 Å². The van der Waals surface area contributed by atoms with Crippen molar-refractivity contribution in [2.45, 2.75) is 10.5 Å². The first kappa shape index (κ1) is 28.9. The molecule has 0 aliphatic rings. The second-order valence-corrected chi connectivity index (χ2v) is 11.1. The number of hydrogen-bond donors (Lipinski definition) is 3.